The zero-order valence-corrected chi connectivity index (χ0v) is 24.8. The number of hydrogen-bond acceptors (Lipinski definition) is 6. The lowest BCUT2D eigenvalue weighted by Crippen LogP contribution is -2.40. The molecular formula is C31H27ClF6N2O6. The molecule has 8 nitrogen and oxygen atoms in total. The van der Waals surface area contributed by atoms with E-state index >= 15 is 0 Å². The molecule has 1 aliphatic carbocycles. The maximum atomic E-state index is 14.9. The van der Waals surface area contributed by atoms with E-state index in [1.165, 1.54) is 49.5 Å². The van der Waals surface area contributed by atoms with Crippen molar-refractivity contribution in [3.8, 4) is 16.9 Å². The number of nitrogens with zero attached hydrogens (tertiary/aromatic N) is 1. The molecule has 1 heterocycles. The monoisotopic (exact) mass is 672 g/mol. The van der Waals surface area contributed by atoms with Crippen LogP contribution in [0.3, 0.4) is 0 Å². The third kappa shape index (κ3) is 8.47. The first-order chi connectivity index (χ1) is 21.6. The molecule has 2 aromatic carbocycles. The van der Waals surface area contributed by atoms with E-state index in [0.29, 0.717) is 12.8 Å². The number of rotatable bonds is 10. The van der Waals surface area contributed by atoms with Gasteiger partial charge in [-0.1, -0.05) is 17.7 Å². The lowest BCUT2D eigenvalue weighted by Gasteiger charge is -2.37. The Hall–Kier alpha value is -4.33. The molecule has 246 valence electrons. The van der Waals surface area contributed by atoms with Gasteiger partial charge in [-0.25, -0.2) is 14.0 Å². The molecule has 0 spiro atoms. The van der Waals surface area contributed by atoms with Crippen molar-refractivity contribution in [1.29, 1.82) is 0 Å². The van der Waals surface area contributed by atoms with Crippen LogP contribution in [0.25, 0.3) is 11.1 Å². The van der Waals surface area contributed by atoms with Gasteiger partial charge in [-0.15, -0.1) is 0 Å². The molecule has 1 unspecified atom stereocenters. The van der Waals surface area contributed by atoms with Crippen LogP contribution in [0.15, 0.2) is 54.7 Å². The molecule has 0 bridgehead atoms. The van der Waals surface area contributed by atoms with Gasteiger partial charge in [0, 0.05) is 17.4 Å². The number of esters is 1. The Bertz CT molecular complexity index is 1580. The summed E-state index contributed by atoms with van der Waals surface area (Å²) >= 11 is 5.87. The molecule has 3 aromatic rings. The molecule has 1 aromatic heterocycles. The molecule has 4 rings (SSSR count). The number of aromatic nitrogens is 1. The van der Waals surface area contributed by atoms with Crippen molar-refractivity contribution in [2.75, 3.05) is 5.32 Å². The Morgan fingerprint density at radius 1 is 1.07 bits per heavy atom. The summed E-state index contributed by atoms with van der Waals surface area (Å²) in [5.74, 6) is -6.66. The first-order valence-electron chi connectivity index (χ1n) is 13.9. The number of carboxylic acid groups (broad SMARTS) is 1. The summed E-state index contributed by atoms with van der Waals surface area (Å²) in [7, 11) is 0. The van der Waals surface area contributed by atoms with E-state index in [1.807, 2.05) is 0 Å². The van der Waals surface area contributed by atoms with Crippen LogP contribution in [0.5, 0.6) is 5.75 Å². The fourth-order valence-electron chi connectivity index (χ4n) is 5.28. The van der Waals surface area contributed by atoms with E-state index < -0.39 is 53.7 Å². The molecular weight excluding hydrogens is 646 g/mol. The number of anilines is 1. The minimum absolute atomic E-state index is 0.00767. The van der Waals surface area contributed by atoms with Crippen LogP contribution in [0.1, 0.15) is 61.0 Å². The number of halogens is 7. The van der Waals surface area contributed by atoms with Crippen molar-refractivity contribution in [3.05, 3.63) is 76.8 Å². The quantitative estimate of drug-likeness (QED) is 0.166. The third-order valence-corrected chi connectivity index (χ3v) is 8.01. The highest BCUT2D eigenvalue weighted by Crippen LogP contribution is 2.41. The molecule has 46 heavy (non-hydrogen) atoms. The molecule has 0 saturated heterocycles. The van der Waals surface area contributed by atoms with Crippen LogP contribution in [-0.2, 0) is 14.3 Å². The van der Waals surface area contributed by atoms with E-state index in [1.54, 1.807) is 0 Å². The van der Waals surface area contributed by atoms with Gasteiger partial charge in [-0.2, -0.15) is 22.0 Å². The van der Waals surface area contributed by atoms with Gasteiger partial charge in [0.15, 0.2) is 5.82 Å². The second-order valence-electron chi connectivity index (χ2n) is 11.0. The first kappa shape index (κ1) is 34.5. The predicted octanol–water partition coefficient (Wildman–Crippen LogP) is 8.01. The number of alkyl halides is 5. The number of carbonyl (C=O) groups excluding carboxylic acids is 2. The van der Waals surface area contributed by atoms with Crippen molar-refractivity contribution in [1.82, 2.24) is 4.98 Å². The molecule has 1 saturated carbocycles. The number of amides is 1. The first-order valence-corrected chi connectivity index (χ1v) is 14.3. The van der Waals surface area contributed by atoms with E-state index in [9.17, 15) is 40.7 Å². The Morgan fingerprint density at radius 3 is 2.26 bits per heavy atom. The number of ether oxygens (including phenoxy) is 2. The normalized spacial score (nSPS) is 18.9. The van der Waals surface area contributed by atoms with Gasteiger partial charge in [0.05, 0.1) is 27.8 Å². The summed E-state index contributed by atoms with van der Waals surface area (Å²) in [5.41, 5.74) is -1.20. The maximum Gasteiger partial charge on any atom is 0.490 e. The summed E-state index contributed by atoms with van der Waals surface area (Å²) < 4.78 is 88.4. The van der Waals surface area contributed by atoms with Gasteiger partial charge in [0.1, 0.15) is 11.4 Å². The van der Waals surface area contributed by atoms with Gasteiger partial charge >= 0.3 is 24.7 Å². The molecule has 0 radical (unpaired) electrons. The fourth-order valence-corrected chi connectivity index (χ4v) is 5.44. The van der Waals surface area contributed by atoms with Gasteiger partial charge in [-0.3, -0.25) is 9.78 Å². The summed E-state index contributed by atoms with van der Waals surface area (Å²) in [6, 6.07) is 10.3. The van der Waals surface area contributed by atoms with Crippen LogP contribution in [0.2, 0.25) is 5.02 Å². The number of hydrogen-bond donors (Lipinski definition) is 2. The second kappa shape index (κ2) is 14.0. The highest BCUT2D eigenvalue weighted by atomic mass is 35.5. The van der Waals surface area contributed by atoms with Crippen LogP contribution in [-0.4, -0.2) is 46.3 Å². The van der Waals surface area contributed by atoms with Gasteiger partial charge in [0.25, 0.3) is 0 Å². The van der Waals surface area contributed by atoms with Crippen LogP contribution in [0, 0.1) is 11.7 Å². The van der Waals surface area contributed by atoms with Crippen molar-refractivity contribution in [2.45, 2.75) is 63.3 Å². The lowest BCUT2D eigenvalue weighted by molar-refractivity contribution is -0.215. The largest absolute Gasteiger partial charge is 0.490 e. The highest BCUT2D eigenvalue weighted by molar-refractivity contribution is 6.31. The molecule has 2 N–H and O–H groups in total. The van der Waals surface area contributed by atoms with E-state index in [4.69, 9.17) is 21.4 Å². The van der Waals surface area contributed by atoms with E-state index in [0.717, 1.165) is 12.1 Å². The summed E-state index contributed by atoms with van der Waals surface area (Å²) in [6.07, 6.45) is -2.95. The minimum atomic E-state index is -5.14. The number of aromatic carboxylic acids is 1. The zero-order valence-electron chi connectivity index (χ0n) is 24.0. The molecule has 1 atom stereocenters. The average Bonchev–Trinajstić information content (AvgIpc) is 2.98. The molecule has 15 heteroatoms. The van der Waals surface area contributed by atoms with Gasteiger partial charge in [0.2, 0.25) is 5.91 Å². The van der Waals surface area contributed by atoms with Crippen molar-refractivity contribution >= 4 is 35.1 Å². The van der Waals surface area contributed by atoms with Gasteiger partial charge in [-0.05, 0) is 87.4 Å². The van der Waals surface area contributed by atoms with E-state index in [-0.39, 0.29) is 58.3 Å². The van der Waals surface area contributed by atoms with Crippen LogP contribution >= 0.6 is 11.6 Å². The topological polar surface area (TPSA) is 115 Å². The minimum Gasteiger partial charge on any atom is -0.478 e. The average molecular weight is 673 g/mol. The number of carbonyl (C=O) groups is 3. The Balaban J connectivity index is 1.59. The van der Waals surface area contributed by atoms with Crippen molar-refractivity contribution in [2.24, 2.45) is 5.92 Å². The molecule has 0 aliphatic heterocycles. The Morgan fingerprint density at radius 2 is 1.72 bits per heavy atom. The van der Waals surface area contributed by atoms with Crippen molar-refractivity contribution in [3.63, 3.8) is 0 Å². The van der Waals surface area contributed by atoms with E-state index in [2.05, 4.69) is 15.0 Å². The Kier molecular flexibility index (Phi) is 10.5. The SMILES string of the molecule is CC1(OC(=O)C(F)(F)F)CCC(CC(C(=O)Nc2ccc(C(=O)O)cc2)c2ccc(-c3c(OC(F)F)ccc(Cl)c3F)cn2)CC1. The fraction of sp³-hybridized carbons (Fsp3) is 0.355. The van der Waals surface area contributed by atoms with Crippen LogP contribution < -0.4 is 10.1 Å². The lowest BCUT2D eigenvalue weighted by atomic mass is 9.75. The predicted molar refractivity (Wildman–Crippen MR) is 153 cm³/mol. The molecule has 1 amide bonds. The molecule has 1 aliphatic rings. The smallest absolute Gasteiger partial charge is 0.478 e. The number of carboxylic acids is 1. The molecule has 1 fully saturated rings. The number of benzene rings is 2. The van der Waals surface area contributed by atoms with Crippen molar-refractivity contribution < 1.29 is 55.3 Å². The highest BCUT2D eigenvalue weighted by Gasteiger charge is 2.46. The third-order valence-electron chi connectivity index (χ3n) is 7.72. The second-order valence-corrected chi connectivity index (χ2v) is 11.4. The summed E-state index contributed by atoms with van der Waals surface area (Å²) in [5, 5.41) is 11.5. The summed E-state index contributed by atoms with van der Waals surface area (Å²) in [6.45, 7) is -1.84. The zero-order chi connectivity index (χ0) is 33.8. The summed E-state index contributed by atoms with van der Waals surface area (Å²) in [4.78, 5) is 40.5. The Labute approximate surface area is 263 Å². The van der Waals surface area contributed by atoms with Crippen LogP contribution in [0.4, 0.5) is 32.0 Å². The number of nitrogens with one attached hydrogen (secondary N) is 1. The van der Waals surface area contributed by atoms with Gasteiger partial charge < -0.3 is 19.9 Å². The maximum absolute atomic E-state index is 14.9. The standard InChI is InChI=1S/C31H27ClF6N2O6/c1-30(46-28(44)31(36,37)38)12-10-16(11-13-30)14-20(26(41)40-19-5-2-17(3-6-19)27(42)43)22-8-4-18(15-39-22)24-23(45-29(34)35)9-7-21(32)25(24)33/h2-9,15-16,20,29H,10-14H2,1H3,(H,40,41)(H,42,43). The number of pyridine rings is 1.